The highest BCUT2D eigenvalue weighted by atomic mass is 32.2. The van der Waals surface area contributed by atoms with Gasteiger partial charge in [-0.3, -0.25) is 0 Å². The fourth-order valence-electron chi connectivity index (χ4n) is 1.85. The van der Waals surface area contributed by atoms with Gasteiger partial charge in [-0.1, -0.05) is 6.07 Å². The summed E-state index contributed by atoms with van der Waals surface area (Å²) in [4.78, 5) is 0. The topological polar surface area (TPSA) is 47.6 Å². The minimum absolute atomic E-state index is 0.000158. The molecule has 0 aliphatic carbocycles. The van der Waals surface area contributed by atoms with Gasteiger partial charge in [0.2, 0.25) is 0 Å². The second kappa shape index (κ2) is 8.79. The lowest BCUT2D eigenvalue weighted by atomic mass is 10.1. The van der Waals surface area contributed by atoms with Gasteiger partial charge in [-0.25, -0.2) is 8.93 Å². The lowest BCUT2D eigenvalue weighted by Crippen LogP contribution is -2.36. The van der Waals surface area contributed by atoms with Crippen LogP contribution in [-0.2, 0) is 11.0 Å². The summed E-state index contributed by atoms with van der Waals surface area (Å²) >= 11 is 1.72. The number of methoxy groups -OCH3 is 1. The first-order valence-corrected chi connectivity index (χ1v) is 9.85. The average molecular weight is 346 g/mol. The van der Waals surface area contributed by atoms with Crippen LogP contribution in [0.15, 0.2) is 18.2 Å². The van der Waals surface area contributed by atoms with E-state index in [1.54, 1.807) is 18.9 Å². The van der Waals surface area contributed by atoms with Crippen LogP contribution in [0, 0.1) is 0 Å². The molecule has 0 saturated carbocycles. The molecule has 6 heteroatoms. The average Bonchev–Trinajstić information content (AvgIpc) is 2.46. The Balaban J connectivity index is 3.05. The van der Waals surface area contributed by atoms with E-state index in [4.69, 9.17) is 9.47 Å². The maximum absolute atomic E-state index is 12.4. The molecule has 1 aromatic rings. The Morgan fingerprint density at radius 3 is 2.50 bits per heavy atom. The fraction of sp³-hybridized carbons (Fsp3) is 0.625. The van der Waals surface area contributed by atoms with Crippen LogP contribution in [0.5, 0.6) is 11.5 Å². The Bertz CT molecular complexity index is 501. The van der Waals surface area contributed by atoms with Gasteiger partial charge < -0.3 is 9.47 Å². The van der Waals surface area contributed by atoms with Gasteiger partial charge in [0.25, 0.3) is 0 Å². The highest BCUT2D eigenvalue weighted by molar-refractivity contribution is 7.98. The molecule has 1 rings (SSSR count). The number of hydrogen-bond acceptors (Lipinski definition) is 4. The van der Waals surface area contributed by atoms with E-state index in [2.05, 4.69) is 4.72 Å². The number of nitrogens with one attached hydrogen (secondary N) is 1. The lowest BCUT2D eigenvalue weighted by Gasteiger charge is -2.24. The summed E-state index contributed by atoms with van der Waals surface area (Å²) in [7, 11) is 0.507. The zero-order chi connectivity index (χ0) is 16.8. The lowest BCUT2D eigenvalue weighted by molar-refractivity contribution is 0.310. The third-order valence-electron chi connectivity index (χ3n) is 3.03. The Morgan fingerprint density at radius 2 is 2.00 bits per heavy atom. The van der Waals surface area contributed by atoms with Crippen LogP contribution in [0.4, 0.5) is 0 Å². The quantitative estimate of drug-likeness (QED) is 0.783. The number of thioether (sulfide) groups is 1. The summed E-state index contributed by atoms with van der Waals surface area (Å²) in [6, 6.07) is 5.86. The van der Waals surface area contributed by atoms with Crippen LogP contribution >= 0.6 is 11.8 Å². The maximum atomic E-state index is 12.4. The molecule has 0 bridgehead atoms. The first-order valence-electron chi connectivity index (χ1n) is 7.31. The maximum Gasteiger partial charge on any atom is 0.161 e. The molecule has 0 heterocycles. The monoisotopic (exact) mass is 345 g/mol. The van der Waals surface area contributed by atoms with Gasteiger partial charge in [0.1, 0.15) is 0 Å². The van der Waals surface area contributed by atoms with Crippen LogP contribution in [0.3, 0.4) is 0 Å². The molecule has 1 aromatic carbocycles. The molecule has 0 aromatic heterocycles. The molecule has 0 unspecified atom stereocenters. The standard InChI is InChI=1S/C16H27NO3S2/c1-7-20-15-10-12(8-9-14(15)19-5)13(11-21-6)17-22(18)16(2,3)4/h8-10,13,17H,7,11H2,1-6H3/t13-,22-/m1/s1. The molecular formula is C16H27NO3S2. The van der Waals surface area contributed by atoms with Crippen LogP contribution in [-0.4, -0.2) is 34.7 Å². The van der Waals surface area contributed by atoms with Crippen molar-refractivity contribution in [1.29, 1.82) is 0 Å². The smallest absolute Gasteiger partial charge is 0.161 e. The highest BCUT2D eigenvalue weighted by Gasteiger charge is 2.24. The van der Waals surface area contributed by atoms with Crippen molar-refractivity contribution in [2.24, 2.45) is 0 Å². The molecule has 4 nitrogen and oxygen atoms in total. The Labute approximate surface area is 140 Å². The van der Waals surface area contributed by atoms with Gasteiger partial charge in [0.15, 0.2) is 11.5 Å². The van der Waals surface area contributed by atoms with Crippen molar-refractivity contribution < 1.29 is 13.7 Å². The van der Waals surface area contributed by atoms with E-state index in [0.717, 1.165) is 17.1 Å². The molecule has 126 valence electrons. The zero-order valence-corrected chi connectivity index (χ0v) is 15.9. The Hall–Kier alpha value is -0.720. The predicted molar refractivity (Wildman–Crippen MR) is 96.3 cm³/mol. The van der Waals surface area contributed by atoms with Crippen molar-refractivity contribution in [3.05, 3.63) is 23.8 Å². The second-order valence-corrected chi connectivity index (χ2v) is 8.76. The third kappa shape index (κ3) is 5.48. The van der Waals surface area contributed by atoms with E-state index in [0.29, 0.717) is 12.4 Å². The molecule has 0 aliphatic rings. The highest BCUT2D eigenvalue weighted by Crippen LogP contribution is 2.31. The number of hydrogen-bond donors (Lipinski definition) is 1. The van der Waals surface area contributed by atoms with E-state index in [-0.39, 0.29) is 10.8 Å². The fourth-order valence-corrected chi connectivity index (χ4v) is 3.40. The summed E-state index contributed by atoms with van der Waals surface area (Å²) in [5, 5.41) is 0. The van der Waals surface area contributed by atoms with Gasteiger partial charge in [-0.15, -0.1) is 0 Å². The first-order chi connectivity index (χ1) is 10.3. The summed E-state index contributed by atoms with van der Waals surface area (Å²) in [5.41, 5.74) is 1.05. The first kappa shape index (κ1) is 19.3. The molecule has 0 aliphatic heterocycles. The molecule has 0 fully saturated rings. The summed E-state index contributed by atoms with van der Waals surface area (Å²) in [6.07, 6.45) is 2.04. The summed E-state index contributed by atoms with van der Waals surface area (Å²) < 4.78 is 26.3. The number of ether oxygens (including phenoxy) is 2. The third-order valence-corrected chi connectivity index (χ3v) is 5.31. The molecule has 0 spiro atoms. The molecule has 22 heavy (non-hydrogen) atoms. The Kier molecular flexibility index (Phi) is 7.72. The van der Waals surface area contributed by atoms with Crippen molar-refractivity contribution in [1.82, 2.24) is 4.72 Å². The van der Waals surface area contributed by atoms with Gasteiger partial charge in [0.05, 0.1) is 35.5 Å². The molecule has 0 radical (unpaired) electrons. The van der Waals surface area contributed by atoms with Crippen molar-refractivity contribution in [2.75, 3.05) is 25.7 Å². The second-order valence-electron chi connectivity index (χ2n) is 5.85. The molecule has 2 atom stereocenters. The number of rotatable bonds is 8. The van der Waals surface area contributed by atoms with E-state index in [1.807, 2.05) is 52.1 Å². The molecule has 1 N–H and O–H groups in total. The van der Waals surface area contributed by atoms with Gasteiger partial charge in [-0.2, -0.15) is 11.8 Å². The van der Waals surface area contributed by atoms with Crippen LogP contribution in [0.2, 0.25) is 0 Å². The zero-order valence-electron chi connectivity index (χ0n) is 14.3. The van der Waals surface area contributed by atoms with Crippen molar-refractivity contribution in [3.63, 3.8) is 0 Å². The number of benzene rings is 1. The van der Waals surface area contributed by atoms with E-state index in [9.17, 15) is 4.21 Å². The van der Waals surface area contributed by atoms with Gasteiger partial charge >= 0.3 is 0 Å². The van der Waals surface area contributed by atoms with Crippen LogP contribution in [0.25, 0.3) is 0 Å². The van der Waals surface area contributed by atoms with Gasteiger partial charge in [-0.05, 0) is 51.6 Å². The largest absolute Gasteiger partial charge is 0.493 e. The van der Waals surface area contributed by atoms with E-state index < -0.39 is 11.0 Å². The SMILES string of the molecule is CCOc1cc([C@@H](CSC)N[S@](=O)C(C)(C)C)ccc1OC. The molecule has 0 amide bonds. The van der Waals surface area contributed by atoms with E-state index in [1.165, 1.54) is 0 Å². The molecular weight excluding hydrogens is 318 g/mol. The Morgan fingerprint density at radius 1 is 1.32 bits per heavy atom. The normalized spacial score (nSPS) is 14.5. The van der Waals surface area contributed by atoms with Crippen LogP contribution < -0.4 is 14.2 Å². The summed E-state index contributed by atoms with van der Waals surface area (Å²) in [5.74, 6) is 2.27. The van der Waals surface area contributed by atoms with E-state index >= 15 is 0 Å². The van der Waals surface area contributed by atoms with Crippen molar-refractivity contribution in [2.45, 2.75) is 38.5 Å². The predicted octanol–water partition coefficient (Wildman–Crippen LogP) is 3.55. The van der Waals surface area contributed by atoms with Crippen molar-refractivity contribution >= 4 is 22.7 Å². The minimum Gasteiger partial charge on any atom is -0.493 e. The van der Waals surface area contributed by atoms with Crippen molar-refractivity contribution in [3.8, 4) is 11.5 Å². The van der Waals surface area contributed by atoms with Crippen LogP contribution in [0.1, 0.15) is 39.3 Å². The van der Waals surface area contributed by atoms with Gasteiger partial charge in [0, 0.05) is 5.75 Å². The minimum atomic E-state index is -1.12. The summed E-state index contributed by atoms with van der Waals surface area (Å²) in [6.45, 7) is 8.41. The molecule has 0 saturated heterocycles.